The average Bonchev–Trinajstić information content (AvgIpc) is 2.90. The molecular formula is C15H18N2O2S. The molecule has 106 valence electrons. The second-order valence-electron chi connectivity index (χ2n) is 5.25. The van der Waals surface area contributed by atoms with Crippen LogP contribution in [0.4, 0.5) is 0 Å². The van der Waals surface area contributed by atoms with Crippen molar-refractivity contribution in [1.29, 1.82) is 0 Å². The molecule has 0 unspecified atom stereocenters. The number of rotatable bonds is 1. The maximum Gasteiger partial charge on any atom is 0.236 e. The van der Waals surface area contributed by atoms with Gasteiger partial charge in [-0.1, -0.05) is 18.2 Å². The van der Waals surface area contributed by atoms with Crippen molar-refractivity contribution in [3.8, 4) is 0 Å². The van der Waals surface area contributed by atoms with E-state index in [-0.39, 0.29) is 17.1 Å². The largest absolute Gasteiger partial charge is 0.339 e. The minimum absolute atomic E-state index is 0.0104. The van der Waals surface area contributed by atoms with Gasteiger partial charge in [0.05, 0.1) is 5.25 Å². The normalized spacial score (nSPS) is 21.8. The van der Waals surface area contributed by atoms with Crippen molar-refractivity contribution in [2.24, 2.45) is 0 Å². The quantitative estimate of drug-likeness (QED) is 0.785. The van der Waals surface area contributed by atoms with Gasteiger partial charge >= 0.3 is 0 Å². The van der Waals surface area contributed by atoms with Crippen LogP contribution in [0.2, 0.25) is 0 Å². The number of fused-ring (bicyclic) bond motifs is 1. The van der Waals surface area contributed by atoms with Crippen molar-refractivity contribution < 1.29 is 9.59 Å². The summed E-state index contributed by atoms with van der Waals surface area (Å²) in [5, 5.41) is 0.0104. The van der Waals surface area contributed by atoms with E-state index in [4.69, 9.17) is 0 Å². The van der Waals surface area contributed by atoms with Crippen LogP contribution in [0.1, 0.15) is 12.5 Å². The Balaban J connectivity index is 1.60. The molecule has 1 aromatic carbocycles. The highest BCUT2D eigenvalue weighted by atomic mass is 32.2. The van der Waals surface area contributed by atoms with Gasteiger partial charge in [0.15, 0.2) is 0 Å². The Labute approximate surface area is 123 Å². The van der Waals surface area contributed by atoms with E-state index in [0.717, 1.165) is 6.42 Å². The van der Waals surface area contributed by atoms with Gasteiger partial charge in [-0.2, -0.15) is 0 Å². The molecule has 20 heavy (non-hydrogen) atoms. The molecule has 5 heteroatoms. The summed E-state index contributed by atoms with van der Waals surface area (Å²) in [7, 11) is 0. The van der Waals surface area contributed by atoms with Gasteiger partial charge < -0.3 is 9.80 Å². The molecule has 3 rings (SSSR count). The Bertz CT molecular complexity index is 513. The highest BCUT2D eigenvalue weighted by Gasteiger charge is 2.32. The summed E-state index contributed by atoms with van der Waals surface area (Å²) in [4.78, 5) is 28.8. The molecule has 1 aromatic rings. The Morgan fingerprint density at radius 2 is 1.75 bits per heavy atom. The third kappa shape index (κ3) is 2.54. The van der Waals surface area contributed by atoms with Crippen LogP contribution in [-0.2, 0) is 16.0 Å². The Morgan fingerprint density at radius 1 is 1.10 bits per heavy atom. The van der Waals surface area contributed by atoms with Crippen LogP contribution in [-0.4, -0.2) is 53.0 Å². The second kappa shape index (κ2) is 5.48. The number of hydrogen-bond acceptors (Lipinski definition) is 3. The lowest BCUT2D eigenvalue weighted by atomic mass is 10.1. The van der Waals surface area contributed by atoms with E-state index < -0.39 is 0 Å². The molecule has 2 aliphatic rings. The lowest BCUT2D eigenvalue weighted by Crippen LogP contribution is -2.52. The molecule has 0 bridgehead atoms. The fraction of sp³-hybridized carbons (Fsp3) is 0.467. The van der Waals surface area contributed by atoms with Crippen LogP contribution in [0.15, 0.2) is 29.2 Å². The van der Waals surface area contributed by atoms with Crippen molar-refractivity contribution in [2.75, 3.05) is 26.2 Å². The number of amides is 2. The van der Waals surface area contributed by atoms with Gasteiger partial charge in [-0.05, 0) is 18.1 Å². The summed E-state index contributed by atoms with van der Waals surface area (Å²) in [6, 6.07) is 8.23. The number of nitrogens with zero attached hydrogens (tertiary/aromatic N) is 2. The third-order valence-electron chi connectivity index (χ3n) is 3.96. The maximum absolute atomic E-state index is 12.5. The fourth-order valence-corrected chi connectivity index (χ4v) is 4.04. The number of thioether (sulfide) groups is 1. The second-order valence-corrected chi connectivity index (χ2v) is 6.49. The molecule has 4 nitrogen and oxygen atoms in total. The Hall–Kier alpha value is -1.49. The van der Waals surface area contributed by atoms with Gasteiger partial charge in [0.25, 0.3) is 0 Å². The molecule has 0 aliphatic carbocycles. The maximum atomic E-state index is 12.5. The molecule has 0 radical (unpaired) electrons. The van der Waals surface area contributed by atoms with Crippen LogP contribution >= 0.6 is 11.8 Å². The van der Waals surface area contributed by atoms with Crippen molar-refractivity contribution in [3.63, 3.8) is 0 Å². The summed E-state index contributed by atoms with van der Waals surface area (Å²) >= 11 is 1.67. The summed E-state index contributed by atoms with van der Waals surface area (Å²) in [5.41, 5.74) is 1.28. The van der Waals surface area contributed by atoms with Crippen LogP contribution in [0.25, 0.3) is 0 Å². The Kier molecular flexibility index (Phi) is 3.70. The van der Waals surface area contributed by atoms with Crippen LogP contribution in [0.5, 0.6) is 0 Å². The SMILES string of the molecule is CC(=O)N1CCN(C(=O)[C@H]2Cc3ccccc3S2)CC1. The molecule has 0 spiro atoms. The lowest BCUT2D eigenvalue weighted by Gasteiger charge is -2.35. The number of carbonyl (C=O) groups excluding carboxylic acids is 2. The van der Waals surface area contributed by atoms with Gasteiger partial charge in [-0.15, -0.1) is 11.8 Å². The monoisotopic (exact) mass is 290 g/mol. The molecule has 1 atom stereocenters. The molecular weight excluding hydrogens is 272 g/mol. The molecule has 2 aliphatic heterocycles. The first-order valence-electron chi connectivity index (χ1n) is 6.94. The van der Waals surface area contributed by atoms with Crippen LogP contribution < -0.4 is 0 Å². The minimum atomic E-state index is 0.0104. The summed E-state index contributed by atoms with van der Waals surface area (Å²) in [5.74, 6) is 0.314. The van der Waals surface area contributed by atoms with Crippen molar-refractivity contribution in [3.05, 3.63) is 29.8 Å². The van der Waals surface area contributed by atoms with E-state index in [1.807, 2.05) is 17.0 Å². The molecule has 0 N–H and O–H groups in total. The highest BCUT2D eigenvalue weighted by Crippen LogP contribution is 2.37. The van der Waals surface area contributed by atoms with Crippen LogP contribution in [0, 0.1) is 0 Å². The molecule has 2 heterocycles. The predicted octanol–water partition coefficient (Wildman–Crippen LogP) is 1.39. The number of piperazine rings is 1. The number of carbonyl (C=O) groups is 2. The van der Waals surface area contributed by atoms with E-state index in [2.05, 4.69) is 12.1 Å². The first-order valence-corrected chi connectivity index (χ1v) is 7.82. The average molecular weight is 290 g/mol. The number of hydrogen-bond donors (Lipinski definition) is 0. The molecule has 2 amide bonds. The van der Waals surface area contributed by atoms with Crippen molar-refractivity contribution in [1.82, 2.24) is 9.80 Å². The number of benzene rings is 1. The molecule has 1 fully saturated rings. The highest BCUT2D eigenvalue weighted by molar-refractivity contribution is 8.01. The van der Waals surface area contributed by atoms with Gasteiger partial charge in [-0.25, -0.2) is 0 Å². The van der Waals surface area contributed by atoms with E-state index >= 15 is 0 Å². The zero-order valence-corrected chi connectivity index (χ0v) is 12.4. The zero-order chi connectivity index (χ0) is 14.1. The first kappa shape index (κ1) is 13.5. The lowest BCUT2D eigenvalue weighted by molar-refractivity contribution is -0.138. The zero-order valence-electron chi connectivity index (χ0n) is 11.5. The molecule has 0 aromatic heterocycles. The van der Waals surface area contributed by atoms with Crippen LogP contribution in [0.3, 0.4) is 0 Å². The van der Waals surface area contributed by atoms with Gasteiger partial charge in [0.1, 0.15) is 0 Å². The van der Waals surface area contributed by atoms with Crippen molar-refractivity contribution >= 4 is 23.6 Å². The molecule has 1 saturated heterocycles. The van der Waals surface area contributed by atoms with Crippen molar-refractivity contribution in [2.45, 2.75) is 23.5 Å². The van der Waals surface area contributed by atoms with E-state index in [9.17, 15) is 9.59 Å². The fourth-order valence-electron chi connectivity index (χ4n) is 2.77. The summed E-state index contributed by atoms with van der Waals surface area (Å²) in [6.45, 7) is 4.22. The van der Waals surface area contributed by atoms with E-state index in [1.54, 1.807) is 23.6 Å². The van der Waals surface area contributed by atoms with E-state index in [0.29, 0.717) is 26.2 Å². The summed E-state index contributed by atoms with van der Waals surface area (Å²) in [6.07, 6.45) is 0.826. The molecule has 0 saturated carbocycles. The third-order valence-corrected chi connectivity index (χ3v) is 5.26. The smallest absolute Gasteiger partial charge is 0.236 e. The minimum Gasteiger partial charge on any atom is -0.339 e. The van der Waals surface area contributed by atoms with Gasteiger partial charge in [-0.3, -0.25) is 9.59 Å². The topological polar surface area (TPSA) is 40.6 Å². The Morgan fingerprint density at radius 3 is 2.40 bits per heavy atom. The first-order chi connectivity index (χ1) is 9.65. The van der Waals surface area contributed by atoms with E-state index in [1.165, 1.54) is 10.5 Å². The predicted molar refractivity (Wildman–Crippen MR) is 78.6 cm³/mol. The van der Waals surface area contributed by atoms with Gasteiger partial charge in [0.2, 0.25) is 11.8 Å². The van der Waals surface area contributed by atoms with Gasteiger partial charge in [0, 0.05) is 38.0 Å². The standard InChI is InChI=1S/C15H18N2O2S/c1-11(18)16-6-8-17(9-7-16)15(19)14-10-12-4-2-3-5-13(12)20-14/h2-5,14H,6-10H2,1H3/t14-/m1/s1. The summed E-state index contributed by atoms with van der Waals surface area (Å²) < 4.78 is 0.